The number of amides is 2. The van der Waals surface area contributed by atoms with E-state index in [1.807, 2.05) is 24.3 Å². The van der Waals surface area contributed by atoms with Crippen molar-refractivity contribution in [3.63, 3.8) is 0 Å². The molecule has 1 aliphatic rings. The second-order valence-electron chi connectivity index (χ2n) is 6.92. The Hall–Kier alpha value is -2.76. The maximum Gasteiger partial charge on any atom is 0.434 e. The van der Waals surface area contributed by atoms with Gasteiger partial charge in [0.25, 0.3) is 11.7 Å². The highest BCUT2D eigenvalue weighted by Crippen LogP contribution is 2.22. The summed E-state index contributed by atoms with van der Waals surface area (Å²) in [4.78, 5) is 41.7. The van der Waals surface area contributed by atoms with E-state index in [0.717, 1.165) is 11.1 Å². The second-order valence-corrected chi connectivity index (χ2v) is 6.92. The van der Waals surface area contributed by atoms with Gasteiger partial charge in [-0.1, -0.05) is 30.8 Å². The van der Waals surface area contributed by atoms with Gasteiger partial charge in [-0.2, -0.15) is 4.99 Å². The van der Waals surface area contributed by atoms with Crippen molar-refractivity contribution in [3.8, 4) is 0 Å². The molecule has 1 aliphatic heterocycles. The van der Waals surface area contributed by atoms with Crippen LogP contribution in [0.3, 0.4) is 0 Å². The van der Waals surface area contributed by atoms with E-state index in [2.05, 4.69) is 11.6 Å². The van der Waals surface area contributed by atoms with Crippen LogP contribution in [0.1, 0.15) is 38.8 Å². The molecule has 0 aliphatic carbocycles. The number of hydrogen-bond donors (Lipinski definition) is 0. The van der Waals surface area contributed by atoms with Gasteiger partial charge in [0, 0.05) is 18.7 Å². The maximum absolute atomic E-state index is 12.4. The second kappa shape index (κ2) is 7.01. The van der Waals surface area contributed by atoms with Crippen molar-refractivity contribution in [1.82, 2.24) is 4.90 Å². The van der Waals surface area contributed by atoms with E-state index in [9.17, 15) is 14.4 Å². The summed E-state index contributed by atoms with van der Waals surface area (Å²) in [6.45, 7) is 11.0. The highest BCUT2D eigenvalue weighted by molar-refractivity contribution is 6.49. The number of fused-ring (bicyclic) bond motifs is 1. The van der Waals surface area contributed by atoms with Crippen LogP contribution in [0, 0.1) is 0 Å². The number of ketones is 1. The van der Waals surface area contributed by atoms with Gasteiger partial charge in [0.2, 0.25) is 0 Å². The molecule has 0 spiro atoms. The van der Waals surface area contributed by atoms with E-state index in [1.165, 1.54) is 11.8 Å². The van der Waals surface area contributed by atoms with E-state index in [1.54, 1.807) is 20.8 Å². The molecule has 0 bridgehead atoms. The molecule has 0 N–H and O–H groups in total. The van der Waals surface area contributed by atoms with Crippen molar-refractivity contribution in [2.24, 2.45) is 4.99 Å². The first-order valence-electron chi connectivity index (χ1n) is 7.96. The van der Waals surface area contributed by atoms with Gasteiger partial charge in [-0.3, -0.25) is 9.59 Å². The lowest BCUT2D eigenvalue weighted by atomic mass is 10.1. The molecule has 2 rings (SSSR count). The summed E-state index contributed by atoms with van der Waals surface area (Å²) in [7, 11) is 0. The molecule has 1 aromatic rings. The lowest BCUT2D eigenvalue weighted by Crippen LogP contribution is -2.34. The summed E-state index contributed by atoms with van der Waals surface area (Å²) in [5.41, 5.74) is 1.32. The van der Waals surface area contributed by atoms with Crippen molar-refractivity contribution in [3.05, 3.63) is 47.5 Å². The molecular formula is C19H22N2O4. The van der Waals surface area contributed by atoms with Crippen LogP contribution in [0.15, 0.2) is 41.4 Å². The molecule has 0 saturated carbocycles. The molecular weight excluding hydrogens is 320 g/mol. The SMILES string of the molecule is C=C(C(=O)C(=O)N1Cc2ccccc2C1)C(C)=NC(=O)OC(C)(C)C. The van der Waals surface area contributed by atoms with Gasteiger partial charge in [0.1, 0.15) is 5.60 Å². The quantitative estimate of drug-likeness (QED) is 0.481. The number of carbonyl (C=O) groups is 3. The molecule has 0 saturated heterocycles. The van der Waals surface area contributed by atoms with E-state index in [0.29, 0.717) is 13.1 Å². The van der Waals surface area contributed by atoms with Crippen molar-refractivity contribution >= 4 is 23.5 Å². The fourth-order valence-corrected chi connectivity index (χ4v) is 2.40. The smallest absolute Gasteiger partial charge is 0.434 e. The molecule has 6 heteroatoms. The fourth-order valence-electron chi connectivity index (χ4n) is 2.40. The van der Waals surface area contributed by atoms with Crippen LogP contribution in [-0.4, -0.2) is 34.0 Å². The minimum atomic E-state index is -0.819. The third-order valence-corrected chi connectivity index (χ3v) is 3.69. The molecule has 132 valence electrons. The first-order chi connectivity index (χ1) is 11.6. The van der Waals surface area contributed by atoms with Crippen LogP contribution in [0.2, 0.25) is 0 Å². The highest BCUT2D eigenvalue weighted by atomic mass is 16.6. The normalized spacial score (nSPS) is 14.1. The van der Waals surface area contributed by atoms with Crippen LogP contribution < -0.4 is 0 Å². The minimum absolute atomic E-state index is 0.0734. The Labute approximate surface area is 147 Å². The van der Waals surface area contributed by atoms with Gasteiger partial charge < -0.3 is 9.64 Å². The summed E-state index contributed by atoms with van der Waals surface area (Å²) in [6, 6.07) is 7.64. The van der Waals surface area contributed by atoms with Crippen molar-refractivity contribution < 1.29 is 19.1 Å². The van der Waals surface area contributed by atoms with Gasteiger partial charge in [0.15, 0.2) is 0 Å². The first-order valence-corrected chi connectivity index (χ1v) is 7.96. The zero-order valence-electron chi connectivity index (χ0n) is 15.0. The Morgan fingerprint density at radius 3 is 2.12 bits per heavy atom. The van der Waals surface area contributed by atoms with E-state index >= 15 is 0 Å². The third kappa shape index (κ3) is 4.62. The van der Waals surface area contributed by atoms with Gasteiger partial charge in [0.05, 0.1) is 5.71 Å². The molecule has 0 fully saturated rings. The third-order valence-electron chi connectivity index (χ3n) is 3.69. The Balaban J connectivity index is 2.03. The molecule has 25 heavy (non-hydrogen) atoms. The van der Waals surface area contributed by atoms with Gasteiger partial charge in [-0.25, -0.2) is 4.79 Å². The summed E-state index contributed by atoms with van der Waals surface area (Å²) >= 11 is 0. The number of nitrogens with zero attached hydrogens (tertiary/aromatic N) is 2. The standard InChI is InChI=1S/C19H22N2O4/c1-12(13(2)20-18(24)25-19(3,4)5)16(22)17(23)21-10-14-8-6-7-9-15(14)11-21/h6-9H,1,10-11H2,2-5H3. The molecule has 1 heterocycles. The van der Waals surface area contributed by atoms with Crippen LogP contribution in [-0.2, 0) is 27.4 Å². The van der Waals surface area contributed by atoms with Gasteiger partial charge in [-0.15, -0.1) is 0 Å². The monoisotopic (exact) mass is 342 g/mol. The average molecular weight is 342 g/mol. The Kier molecular flexibility index (Phi) is 5.21. The maximum atomic E-state index is 12.4. The van der Waals surface area contributed by atoms with E-state index < -0.39 is 23.4 Å². The summed E-state index contributed by atoms with van der Waals surface area (Å²) in [5, 5.41) is 0. The van der Waals surface area contributed by atoms with Crippen LogP contribution in [0.5, 0.6) is 0 Å². The number of carbonyl (C=O) groups excluding carboxylic acids is 3. The first kappa shape index (κ1) is 18.6. The zero-order valence-corrected chi connectivity index (χ0v) is 15.0. The van der Waals surface area contributed by atoms with E-state index in [4.69, 9.17) is 4.74 Å². The topological polar surface area (TPSA) is 76.0 Å². The fraction of sp³-hybridized carbons (Fsp3) is 0.368. The number of hydrogen-bond acceptors (Lipinski definition) is 4. The van der Waals surface area contributed by atoms with Crippen LogP contribution in [0.25, 0.3) is 0 Å². The summed E-state index contributed by atoms with van der Waals surface area (Å²) in [6.07, 6.45) is -0.819. The molecule has 0 unspecified atom stereocenters. The van der Waals surface area contributed by atoms with Crippen molar-refractivity contribution in [2.75, 3.05) is 0 Å². The van der Waals surface area contributed by atoms with Crippen molar-refractivity contribution in [2.45, 2.75) is 46.4 Å². The average Bonchev–Trinajstić information content (AvgIpc) is 2.94. The highest BCUT2D eigenvalue weighted by Gasteiger charge is 2.30. The predicted molar refractivity (Wildman–Crippen MR) is 94.2 cm³/mol. The molecule has 1 aromatic carbocycles. The van der Waals surface area contributed by atoms with Gasteiger partial charge in [-0.05, 0) is 38.8 Å². The number of ether oxygens (including phenoxy) is 1. The van der Waals surface area contributed by atoms with Crippen LogP contribution >= 0.6 is 0 Å². The molecule has 6 nitrogen and oxygen atoms in total. The lowest BCUT2D eigenvalue weighted by molar-refractivity contribution is -0.142. The summed E-state index contributed by atoms with van der Waals surface area (Å²) in [5.74, 6) is -1.42. The molecule has 2 amide bonds. The molecule has 0 radical (unpaired) electrons. The number of Topliss-reactive ketones (excluding diaryl/α,β-unsaturated/α-hetero) is 1. The van der Waals surface area contributed by atoms with Crippen molar-refractivity contribution in [1.29, 1.82) is 0 Å². The number of aliphatic imine (C=N–C) groups is 1. The Bertz CT molecular complexity index is 747. The molecule has 0 aromatic heterocycles. The zero-order chi connectivity index (χ0) is 18.8. The lowest BCUT2D eigenvalue weighted by Gasteiger charge is -2.18. The Morgan fingerprint density at radius 2 is 1.64 bits per heavy atom. The molecule has 0 atom stereocenters. The minimum Gasteiger partial charge on any atom is -0.442 e. The van der Waals surface area contributed by atoms with Gasteiger partial charge >= 0.3 is 6.09 Å². The van der Waals surface area contributed by atoms with Crippen LogP contribution in [0.4, 0.5) is 4.79 Å². The number of rotatable bonds is 3. The Morgan fingerprint density at radius 1 is 1.12 bits per heavy atom. The van der Waals surface area contributed by atoms with E-state index in [-0.39, 0.29) is 11.3 Å². The largest absolute Gasteiger partial charge is 0.442 e. The number of benzene rings is 1. The summed E-state index contributed by atoms with van der Waals surface area (Å²) < 4.78 is 5.07. The predicted octanol–water partition coefficient (Wildman–Crippen LogP) is 3.05.